The van der Waals surface area contributed by atoms with Crippen molar-refractivity contribution in [2.24, 2.45) is 17.2 Å². The first-order chi connectivity index (χ1) is 18.7. The van der Waals surface area contributed by atoms with E-state index in [-0.39, 0.29) is 24.8 Å². The maximum absolute atomic E-state index is 13.0. The van der Waals surface area contributed by atoms with Crippen molar-refractivity contribution in [3.8, 4) is 0 Å². The minimum atomic E-state index is -1.29. The molecule has 216 valence electrons. The van der Waals surface area contributed by atoms with E-state index in [0.29, 0.717) is 11.1 Å². The Hall–Kier alpha value is -4.33. The lowest BCUT2D eigenvalue weighted by Crippen LogP contribution is -2.32. The number of aliphatic carboxylic acids is 3. The van der Waals surface area contributed by atoms with Crippen LogP contribution in [0.4, 0.5) is 17.6 Å². The van der Waals surface area contributed by atoms with E-state index >= 15 is 0 Å². The van der Waals surface area contributed by atoms with Crippen LogP contribution in [-0.2, 0) is 33.6 Å². The second kappa shape index (κ2) is 16.6. The van der Waals surface area contributed by atoms with Crippen LogP contribution >= 0.6 is 0 Å². The third-order valence-electron chi connectivity index (χ3n) is 5.23. The molecule has 0 spiro atoms. The van der Waals surface area contributed by atoms with Crippen LogP contribution in [0.3, 0.4) is 0 Å². The van der Waals surface area contributed by atoms with Crippen molar-refractivity contribution in [3.05, 3.63) is 107 Å². The fourth-order valence-electron chi connectivity index (χ4n) is 3.01. The van der Waals surface area contributed by atoms with Gasteiger partial charge in [-0.2, -0.15) is 0 Å². The molecule has 0 saturated carbocycles. The van der Waals surface area contributed by atoms with E-state index in [4.69, 9.17) is 32.5 Å². The van der Waals surface area contributed by atoms with Gasteiger partial charge in [0.2, 0.25) is 0 Å². The van der Waals surface area contributed by atoms with Gasteiger partial charge in [-0.25, -0.2) is 17.6 Å². The molecule has 0 aromatic heterocycles. The predicted octanol–water partition coefficient (Wildman–Crippen LogP) is 2.48. The van der Waals surface area contributed by atoms with Crippen molar-refractivity contribution in [2.45, 2.75) is 37.4 Å². The Morgan fingerprint density at radius 3 is 1.15 bits per heavy atom. The molecule has 0 aliphatic rings. The van der Waals surface area contributed by atoms with Gasteiger partial charge in [-0.3, -0.25) is 14.4 Å². The minimum absolute atomic E-state index is 0.0159. The van der Waals surface area contributed by atoms with E-state index in [1.165, 1.54) is 30.3 Å². The molecule has 9 nitrogen and oxygen atoms in total. The first-order valence-corrected chi connectivity index (χ1v) is 11.6. The smallest absolute Gasteiger partial charge is 0.320 e. The van der Waals surface area contributed by atoms with E-state index in [1.807, 2.05) is 0 Å². The second-order valence-corrected chi connectivity index (χ2v) is 8.33. The fraction of sp³-hybridized carbons (Fsp3) is 0.222. The van der Waals surface area contributed by atoms with Gasteiger partial charge in [0, 0.05) is 24.8 Å². The van der Waals surface area contributed by atoms with E-state index < -0.39 is 59.3 Å². The molecular weight excluding hydrogens is 538 g/mol. The summed E-state index contributed by atoms with van der Waals surface area (Å²) in [6.07, 6.45) is -0.322. The maximum Gasteiger partial charge on any atom is 0.320 e. The van der Waals surface area contributed by atoms with Crippen molar-refractivity contribution < 1.29 is 47.3 Å². The third kappa shape index (κ3) is 11.6. The van der Waals surface area contributed by atoms with Crippen LogP contribution in [0.5, 0.6) is 0 Å². The highest BCUT2D eigenvalue weighted by molar-refractivity contribution is 5.74. The molecule has 3 aromatic carbocycles. The van der Waals surface area contributed by atoms with Crippen LogP contribution in [0.15, 0.2) is 66.7 Å². The average molecular weight is 568 g/mol. The third-order valence-corrected chi connectivity index (χ3v) is 5.23. The number of carbonyl (C=O) groups is 3. The Balaban J connectivity index is 0.000000300. The second-order valence-electron chi connectivity index (χ2n) is 8.33. The van der Waals surface area contributed by atoms with Crippen molar-refractivity contribution in [1.29, 1.82) is 0 Å². The number of nitrogens with two attached hydrogens (primary N) is 3. The Morgan fingerprint density at radius 2 is 0.825 bits per heavy atom. The molecule has 40 heavy (non-hydrogen) atoms. The first-order valence-electron chi connectivity index (χ1n) is 11.6. The summed E-state index contributed by atoms with van der Waals surface area (Å²) in [5.41, 5.74) is 16.0. The van der Waals surface area contributed by atoms with Gasteiger partial charge in [0.1, 0.15) is 41.4 Å². The van der Waals surface area contributed by atoms with Crippen LogP contribution in [0.1, 0.15) is 16.7 Å². The van der Waals surface area contributed by atoms with E-state index in [1.54, 1.807) is 24.3 Å². The SMILES string of the molecule is NC(Cc1c(F)cccc1F)C(=O)O.NC(Cc1ccccc1F)C(=O)O.NC(Cc1ccccc1F)C(=O)O. The predicted molar refractivity (Wildman–Crippen MR) is 137 cm³/mol. The zero-order valence-electron chi connectivity index (χ0n) is 21.0. The molecule has 0 radical (unpaired) electrons. The van der Waals surface area contributed by atoms with Gasteiger partial charge in [0.05, 0.1) is 0 Å². The molecule has 3 aromatic rings. The summed E-state index contributed by atoms with van der Waals surface area (Å²) >= 11 is 0. The topological polar surface area (TPSA) is 190 Å². The number of hydrogen-bond donors (Lipinski definition) is 6. The van der Waals surface area contributed by atoms with Gasteiger partial charge in [0.15, 0.2) is 0 Å². The summed E-state index contributed by atoms with van der Waals surface area (Å²) in [6, 6.07) is 12.0. The van der Waals surface area contributed by atoms with E-state index in [9.17, 15) is 31.9 Å². The monoisotopic (exact) mass is 567 g/mol. The van der Waals surface area contributed by atoms with E-state index in [2.05, 4.69) is 0 Å². The number of halogens is 4. The first kappa shape index (κ1) is 33.7. The number of carboxylic acid groups (broad SMARTS) is 3. The number of carboxylic acids is 3. The minimum Gasteiger partial charge on any atom is -0.480 e. The number of hydrogen-bond acceptors (Lipinski definition) is 6. The number of rotatable bonds is 9. The summed E-state index contributed by atoms with van der Waals surface area (Å²) in [7, 11) is 0. The zero-order chi connectivity index (χ0) is 30.4. The molecule has 0 amide bonds. The molecule has 0 heterocycles. The highest BCUT2D eigenvalue weighted by atomic mass is 19.1. The summed E-state index contributed by atoms with van der Waals surface area (Å²) in [4.78, 5) is 31.1. The lowest BCUT2D eigenvalue weighted by molar-refractivity contribution is -0.139. The Kier molecular flexibility index (Phi) is 14.0. The molecular formula is C27H29F4N3O6. The molecule has 0 fully saturated rings. The van der Waals surface area contributed by atoms with Gasteiger partial charge in [0.25, 0.3) is 0 Å². The van der Waals surface area contributed by atoms with Crippen LogP contribution in [0.25, 0.3) is 0 Å². The molecule has 0 aliphatic carbocycles. The normalized spacial score (nSPS) is 12.5. The highest BCUT2D eigenvalue weighted by Crippen LogP contribution is 2.13. The summed E-state index contributed by atoms with van der Waals surface area (Å²) in [5, 5.41) is 25.4. The molecule has 3 atom stereocenters. The van der Waals surface area contributed by atoms with E-state index in [0.717, 1.165) is 12.1 Å². The zero-order valence-corrected chi connectivity index (χ0v) is 21.0. The number of benzene rings is 3. The summed E-state index contributed by atoms with van der Waals surface area (Å²) < 4.78 is 51.9. The molecule has 3 unspecified atom stereocenters. The molecule has 0 aliphatic heterocycles. The Morgan fingerprint density at radius 1 is 0.525 bits per heavy atom. The van der Waals surface area contributed by atoms with Crippen LogP contribution in [-0.4, -0.2) is 51.4 Å². The quantitative estimate of drug-likeness (QED) is 0.211. The molecule has 3 rings (SSSR count). The lowest BCUT2D eigenvalue weighted by atomic mass is 10.1. The molecule has 0 bridgehead atoms. The van der Waals surface area contributed by atoms with Crippen molar-refractivity contribution in [2.75, 3.05) is 0 Å². The highest BCUT2D eigenvalue weighted by Gasteiger charge is 2.18. The standard InChI is InChI=1S/C9H9F2NO2.2C9H10FNO2/c10-6-2-1-3-7(11)5(6)4-8(12)9(13)14;2*10-7-4-2-1-3-6(7)5-8(11)9(12)13/h1-3,8H,4,12H2,(H,13,14);2*1-4,8H,5,11H2,(H,12,13). The molecule has 13 heteroatoms. The van der Waals surface area contributed by atoms with Crippen molar-refractivity contribution >= 4 is 17.9 Å². The average Bonchev–Trinajstić information content (AvgIpc) is 2.89. The maximum atomic E-state index is 13.0. The fourth-order valence-corrected chi connectivity index (χ4v) is 3.01. The Labute approximate surface area is 226 Å². The van der Waals surface area contributed by atoms with Crippen molar-refractivity contribution in [3.63, 3.8) is 0 Å². The van der Waals surface area contributed by atoms with Crippen LogP contribution < -0.4 is 17.2 Å². The van der Waals surface area contributed by atoms with Gasteiger partial charge >= 0.3 is 17.9 Å². The van der Waals surface area contributed by atoms with Gasteiger partial charge in [-0.05, 0) is 35.4 Å². The largest absolute Gasteiger partial charge is 0.480 e. The van der Waals surface area contributed by atoms with Gasteiger partial charge in [-0.15, -0.1) is 0 Å². The van der Waals surface area contributed by atoms with Crippen molar-refractivity contribution in [1.82, 2.24) is 0 Å². The molecule has 9 N–H and O–H groups in total. The molecule has 0 saturated heterocycles. The van der Waals surface area contributed by atoms with Gasteiger partial charge < -0.3 is 32.5 Å². The van der Waals surface area contributed by atoms with Gasteiger partial charge in [-0.1, -0.05) is 42.5 Å². The summed E-state index contributed by atoms with van der Waals surface area (Å²) in [5.74, 6) is -5.92. The lowest BCUT2D eigenvalue weighted by Gasteiger charge is -2.07. The van der Waals surface area contributed by atoms with Crippen LogP contribution in [0.2, 0.25) is 0 Å². The van der Waals surface area contributed by atoms with Crippen LogP contribution in [0, 0.1) is 23.3 Å². The Bertz CT molecular complexity index is 1210. The summed E-state index contributed by atoms with van der Waals surface area (Å²) in [6.45, 7) is 0.